The highest BCUT2D eigenvalue weighted by Crippen LogP contribution is 2.32. The normalized spacial score (nSPS) is 16.2. The standard InChI is InChI=1S/C27H24FN3O2/c28-23-15-13-21(14-16-23)25-29-30-26(33-25)22-12-7-17-31(18-22)27(32)24(19-8-3-1-4-9-19)20-10-5-2-6-11-20/h1-6,8-11,13-16,22,24H,7,12,17-18H2. The summed E-state index contributed by atoms with van der Waals surface area (Å²) in [6.45, 7) is 1.23. The van der Waals surface area contributed by atoms with Crippen LogP contribution in [0.3, 0.4) is 0 Å². The van der Waals surface area contributed by atoms with Crippen molar-refractivity contribution in [3.8, 4) is 11.5 Å². The Morgan fingerprint density at radius 1 is 0.909 bits per heavy atom. The van der Waals surface area contributed by atoms with Crippen LogP contribution >= 0.6 is 0 Å². The number of likely N-dealkylation sites (tertiary alicyclic amines) is 1. The first-order valence-corrected chi connectivity index (χ1v) is 11.2. The third kappa shape index (κ3) is 4.55. The van der Waals surface area contributed by atoms with Crippen molar-refractivity contribution < 1.29 is 13.6 Å². The van der Waals surface area contributed by atoms with Gasteiger partial charge in [-0.05, 0) is 48.2 Å². The zero-order chi connectivity index (χ0) is 22.6. The van der Waals surface area contributed by atoms with Gasteiger partial charge in [0, 0.05) is 18.7 Å². The fraction of sp³-hybridized carbons (Fsp3) is 0.222. The summed E-state index contributed by atoms with van der Waals surface area (Å²) in [6.07, 6.45) is 1.73. The molecule has 1 aliphatic rings. The van der Waals surface area contributed by atoms with Crippen molar-refractivity contribution in [3.63, 3.8) is 0 Å². The lowest BCUT2D eigenvalue weighted by Gasteiger charge is -2.34. The minimum atomic E-state index is -0.358. The molecule has 1 atom stereocenters. The molecule has 1 aromatic heterocycles. The third-order valence-electron chi connectivity index (χ3n) is 6.13. The first-order valence-electron chi connectivity index (χ1n) is 11.2. The maximum Gasteiger partial charge on any atom is 0.247 e. The number of halogens is 1. The van der Waals surface area contributed by atoms with Gasteiger partial charge < -0.3 is 9.32 Å². The third-order valence-corrected chi connectivity index (χ3v) is 6.13. The molecule has 0 saturated carbocycles. The van der Waals surface area contributed by atoms with E-state index in [1.807, 2.05) is 65.6 Å². The molecule has 2 heterocycles. The predicted octanol–water partition coefficient (Wildman–Crippen LogP) is 5.41. The van der Waals surface area contributed by atoms with E-state index in [2.05, 4.69) is 10.2 Å². The fourth-order valence-corrected chi connectivity index (χ4v) is 4.44. The topological polar surface area (TPSA) is 59.2 Å². The Morgan fingerprint density at radius 2 is 1.55 bits per heavy atom. The minimum absolute atomic E-state index is 0.0309. The van der Waals surface area contributed by atoms with Gasteiger partial charge in [0.15, 0.2) is 0 Å². The molecule has 4 aromatic rings. The van der Waals surface area contributed by atoms with Crippen LogP contribution in [-0.2, 0) is 4.79 Å². The van der Waals surface area contributed by atoms with Gasteiger partial charge in [-0.2, -0.15) is 0 Å². The van der Waals surface area contributed by atoms with Crippen LogP contribution in [0, 0.1) is 5.82 Å². The smallest absolute Gasteiger partial charge is 0.247 e. The Labute approximate surface area is 191 Å². The molecular formula is C27H24FN3O2. The Hall–Kier alpha value is -3.80. The number of aromatic nitrogens is 2. The van der Waals surface area contributed by atoms with Crippen LogP contribution in [0.2, 0.25) is 0 Å². The molecule has 1 amide bonds. The first-order chi connectivity index (χ1) is 16.2. The maximum atomic E-state index is 13.8. The van der Waals surface area contributed by atoms with Crippen LogP contribution in [0.5, 0.6) is 0 Å². The fourth-order valence-electron chi connectivity index (χ4n) is 4.44. The predicted molar refractivity (Wildman–Crippen MR) is 123 cm³/mol. The highest BCUT2D eigenvalue weighted by atomic mass is 19.1. The van der Waals surface area contributed by atoms with Crippen LogP contribution in [0.15, 0.2) is 89.3 Å². The average Bonchev–Trinajstić information content (AvgIpc) is 3.36. The van der Waals surface area contributed by atoms with E-state index >= 15 is 0 Å². The summed E-state index contributed by atoms with van der Waals surface area (Å²) in [5, 5.41) is 8.39. The molecule has 5 rings (SSSR count). The van der Waals surface area contributed by atoms with Gasteiger partial charge in [-0.15, -0.1) is 10.2 Å². The molecule has 0 radical (unpaired) electrons. The summed E-state index contributed by atoms with van der Waals surface area (Å²) >= 11 is 0. The molecule has 166 valence electrons. The summed E-state index contributed by atoms with van der Waals surface area (Å²) in [7, 11) is 0. The molecule has 0 bridgehead atoms. The lowest BCUT2D eigenvalue weighted by atomic mass is 9.88. The summed E-state index contributed by atoms with van der Waals surface area (Å²) < 4.78 is 19.1. The molecule has 0 N–H and O–H groups in total. The summed E-state index contributed by atoms with van der Waals surface area (Å²) in [4.78, 5) is 15.7. The molecule has 1 unspecified atom stereocenters. The molecule has 0 spiro atoms. The zero-order valence-corrected chi connectivity index (χ0v) is 18.1. The second-order valence-electron chi connectivity index (χ2n) is 8.33. The monoisotopic (exact) mass is 441 g/mol. The number of hydrogen-bond donors (Lipinski definition) is 0. The van der Waals surface area contributed by atoms with Crippen LogP contribution in [0.4, 0.5) is 4.39 Å². The van der Waals surface area contributed by atoms with Crippen molar-refractivity contribution in [1.29, 1.82) is 0 Å². The largest absolute Gasteiger partial charge is 0.420 e. The van der Waals surface area contributed by atoms with E-state index in [0.717, 1.165) is 24.0 Å². The number of nitrogens with zero attached hydrogens (tertiary/aromatic N) is 3. The van der Waals surface area contributed by atoms with Crippen molar-refractivity contribution in [1.82, 2.24) is 15.1 Å². The Bertz CT molecular complexity index is 1170. The molecule has 33 heavy (non-hydrogen) atoms. The summed E-state index contributed by atoms with van der Waals surface area (Å²) in [5.74, 6) is 0.254. The second kappa shape index (κ2) is 9.36. The van der Waals surface area contributed by atoms with Gasteiger partial charge >= 0.3 is 0 Å². The van der Waals surface area contributed by atoms with Gasteiger partial charge in [0.1, 0.15) is 5.82 Å². The van der Waals surface area contributed by atoms with Crippen molar-refractivity contribution in [2.75, 3.05) is 13.1 Å². The van der Waals surface area contributed by atoms with Crippen molar-refractivity contribution in [2.24, 2.45) is 0 Å². The number of hydrogen-bond acceptors (Lipinski definition) is 4. The molecular weight excluding hydrogens is 417 g/mol. The molecule has 5 nitrogen and oxygen atoms in total. The van der Waals surface area contributed by atoms with E-state index in [-0.39, 0.29) is 23.6 Å². The summed E-state index contributed by atoms with van der Waals surface area (Å²) in [6, 6.07) is 25.8. The van der Waals surface area contributed by atoms with Crippen molar-refractivity contribution >= 4 is 5.91 Å². The summed E-state index contributed by atoms with van der Waals surface area (Å²) in [5.41, 5.74) is 2.63. The molecule has 6 heteroatoms. The van der Waals surface area contributed by atoms with Crippen molar-refractivity contribution in [2.45, 2.75) is 24.7 Å². The van der Waals surface area contributed by atoms with E-state index in [4.69, 9.17) is 4.42 Å². The quantitative estimate of drug-likeness (QED) is 0.415. The number of carbonyl (C=O) groups excluding carboxylic acids is 1. The highest BCUT2D eigenvalue weighted by Gasteiger charge is 2.33. The first kappa shape index (κ1) is 21.1. The van der Waals surface area contributed by atoms with Gasteiger partial charge in [0.2, 0.25) is 17.7 Å². The van der Waals surface area contributed by atoms with Gasteiger partial charge in [0.05, 0.1) is 11.8 Å². The minimum Gasteiger partial charge on any atom is -0.420 e. The van der Waals surface area contributed by atoms with E-state index in [1.165, 1.54) is 12.1 Å². The lowest BCUT2D eigenvalue weighted by molar-refractivity contribution is -0.133. The van der Waals surface area contributed by atoms with E-state index < -0.39 is 0 Å². The molecule has 1 saturated heterocycles. The number of benzene rings is 3. The van der Waals surface area contributed by atoms with Crippen LogP contribution in [0.1, 0.15) is 41.7 Å². The number of rotatable bonds is 5. The number of carbonyl (C=O) groups is 1. The van der Waals surface area contributed by atoms with Gasteiger partial charge in [0.25, 0.3) is 0 Å². The highest BCUT2D eigenvalue weighted by molar-refractivity contribution is 5.87. The van der Waals surface area contributed by atoms with E-state index in [1.54, 1.807) is 12.1 Å². The average molecular weight is 442 g/mol. The number of amides is 1. The molecule has 3 aromatic carbocycles. The Morgan fingerprint density at radius 3 is 2.18 bits per heavy atom. The molecule has 0 aliphatic carbocycles. The SMILES string of the molecule is O=C(C(c1ccccc1)c1ccccc1)N1CCCC(c2nnc(-c3ccc(F)cc3)o2)C1. The van der Waals surface area contributed by atoms with Crippen LogP contribution < -0.4 is 0 Å². The van der Waals surface area contributed by atoms with E-state index in [0.29, 0.717) is 30.4 Å². The van der Waals surface area contributed by atoms with Gasteiger partial charge in [-0.3, -0.25) is 4.79 Å². The van der Waals surface area contributed by atoms with Gasteiger partial charge in [-0.1, -0.05) is 60.7 Å². The number of piperidine rings is 1. The van der Waals surface area contributed by atoms with Gasteiger partial charge in [-0.25, -0.2) is 4.39 Å². The maximum absolute atomic E-state index is 13.8. The van der Waals surface area contributed by atoms with Crippen molar-refractivity contribution in [3.05, 3.63) is 108 Å². The zero-order valence-electron chi connectivity index (χ0n) is 18.1. The van der Waals surface area contributed by atoms with Crippen LogP contribution in [0.25, 0.3) is 11.5 Å². The Kier molecular flexibility index (Phi) is 5.98. The Balaban J connectivity index is 1.37. The molecule has 1 aliphatic heterocycles. The van der Waals surface area contributed by atoms with E-state index in [9.17, 15) is 9.18 Å². The lowest BCUT2D eigenvalue weighted by Crippen LogP contribution is -2.42. The second-order valence-corrected chi connectivity index (χ2v) is 8.33. The molecule has 1 fully saturated rings. The van der Waals surface area contributed by atoms with Crippen LogP contribution in [-0.4, -0.2) is 34.1 Å².